The molecule has 3 aromatic heterocycles. The molecule has 0 aliphatic rings. The summed E-state index contributed by atoms with van der Waals surface area (Å²) in [6, 6.07) is 0. The molecule has 0 bridgehead atoms. The van der Waals surface area contributed by atoms with Crippen LogP contribution in [0, 0.1) is 0 Å². The number of rotatable bonds is 4. The molecule has 0 saturated carbocycles. The van der Waals surface area contributed by atoms with E-state index in [9.17, 15) is 9.59 Å². The second-order valence-corrected chi connectivity index (χ2v) is 4.39. The van der Waals surface area contributed by atoms with E-state index in [1.807, 2.05) is 6.92 Å². The lowest BCUT2D eigenvalue weighted by molar-refractivity contribution is 0.645. The monoisotopic (exact) mass is 275 g/mol. The summed E-state index contributed by atoms with van der Waals surface area (Å²) in [5, 5.41) is 3.97. The Morgan fingerprint density at radius 3 is 2.85 bits per heavy atom. The van der Waals surface area contributed by atoms with Crippen LogP contribution in [0.2, 0.25) is 0 Å². The van der Waals surface area contributed by atoms with Gasteiger partial charge < -0.3 is 4.98 Å². The van der Waals surface area contributed by atoms with Gasteiger partial charge in [-0.2, -0.15) is 5.10 Å². The molecule has 0 aromatic carbocycles. The van der Waals surface area contributed by atoms with E-state index in [-0.39, 0.29) is 0 Å². The number of aromatic nitrogens is 7. The second-order valence-electron chi connectivity index (χ2n) is 4.39. The lowest BCUT2D eigenvalue weighted by atomic mass is 10.4. The molecule has 9 nitrogen and oxygen atoms in total. The van der Waals surface area contributed by atoms with Gasteiger partial charge in [0.25, 0.3) is 5.56 Å². The van der Waals surface area contributed by atoms with Crippen molar-refractivity contribution >= 4 is 11.2 Å². The molecule has 20 heavy (non-hydrogen) atoms. The molecular weight excluding hydrogens is 262 g/mol. The first-order valence-corrected chi connectivity index (χ1v) is 6.23. The van der Waals surface area contributed by atoms with E-state index in [4.69, 9.17) is 0 Å². The Hall–Kier alpha value is -2.71. The molecule has 9 heteroatoms. The predicted molar refractivity (Wildman–Crippen MR) is 70.4 cm³/mol. The highest BCUT2D eigenvalue weighted by Gasteiger charge is 2.12. The number of hydrogen-bond donors (Lipinski definition) is 2. The van der Waals surface area contributed by atoms with Crippen LogP contribution < -0.4 is 11.2 Å². The van der Waals surface area contributed by atoms with Crippen molar-refractivity contribution in [2.24, 2.45) is 0 Å². The summed E-state index contributed by atoms with van der Waals surface area (Å²) in [5.41, 5.74) is -0.235. The molecule has 0 radical (unpaired) electrons. The van der Waals surface area contributed by atoms with Gasteiger partial charge in [-0.1, -0.05) is 6.92 Å². The number of aromatic amines is 2. The van der Waals surface area contributed by atoms with Crippen molar-refractivity contribution in [3.8, 4) is 0 Å². The molecule has 0 aliphatic heterocycles. The van der Waals surface area contributed by atoms with Crippen molar-refractivity contribution in [2.75, 3.05) is 0 Å². The van der Waals surface area contributed by atoms with Crippen molar-refractivity contribution < 1.29 is 0 Å². The van der Waals surface area contributed by atoms with Crippen LogP contribution in [0.5, 0.6) is 0 Å². The average Bonchev–Trinajstić information content (AvgIpc) is 3.04. The van der Waals surface area contributed by atoms with Gasteiger partial charge in [0.05, 0.1) is 0 Å². The second kappa shape index (κ2) is 4.76. The Labute approximate surface area is 112 Å². The van der Waals surface area contributed by atoms with Crippen molar-refractivity contribution in [3.05, 3.63) is 39.3 Å². The summed E-state index contributed by atoms with van der Waals surface area (Å²) >= 11 is 0. The standard InChI is InChI=1S/C11H13N7O2/c1-2-3-18-9-8(10(19)16-11(18)20)14-7(15-9)4-17-6-12-5-13-17/h5-6H,2-4H2,1H3,(H,14,15)(H,16,19,20). The molecule has 3 rings (SSSR count). The van der Waals surface area contributed by atoms with Crippen LogP contribution in [0.25, 0.3) is 11.2 Å². The first-order chi connectivity index (χ1) is 9.69. The smallest absolute Gasteiger partial charge is 0.330 e. The van der Waals surface area contributed by atoms with Crippen LogP contribution in [0.3, 0.4) is 0 Å². The average molecular weight is 275 g/mol. The topological polar surface area (TPSA) is 114 Å². The zero-order valence-corrected chi connectivity index (χ0v) is 10.8. The van der Waals surface area contributed by atoms with Crippen molar-refractivity contribution in [3.63, 3.8) is 0 Å². The molecule has 3 aromatic rings. The van der Waals surface area contributed by atoms with E-state index < -0.39 is 11.2 Å². The van der Waals surface area contributed by atoms with Crippen molar-refractivity contribution in [1.29, 1.82) is 0 Å². The Balaban J connectivity index is 2.14. The third-order valence-corrected chi connectivity index (χ3v) is 2.91. The molecule has 3 heterocycles. The van der Waals surface area contributed by atoms with Crippen LogP contribution >= 0.6 is 0 Å². The van der Waals surface area contributed by atoms with Gasteiger partial charge in [0.2, 0.25) is 0 Å². The number of imidazole rings is 1. The molecule has 0 atom stereocenters. The van der Waals surface area contributed by atoms with Crippen molar-refractivity contribution in [1.82, 2.24) is 34.3 Å². The van der Waals surface area contributed by atoms with E-state index in [0.29, 0.717) is 30.1 Å². The van der Waals surface area contributed by atoms with Crippen LogP contribution in [0.1, 0.15) is 19.2 Å². The number of aryl methyl sites for hydroxylation is 1. The third-order valence-electron chi connectivity index (χ3n) is 2.91. The van der Waals surface area contributed by atoms with E-state index in [1.54, 1.807) is 11.0 Å². The third kappa shape index (κ3) is 2.02. The minimum atomic E-state index is -0.463. The number of H-pyrrole nitrogens is 2. The first kappa shape index (κ1) is 12.3. The number of nitrogens with one attached hydrogen (secondary N) is 2. The fraction of sp³-hybridized carbons (Fsp3) is 0.364. The van der Waals surface area contributed by atoms with E-state index in [0.717, 1.165) is 6.42 Å². The zero-order chi connectivity index (χ0) is 14.1. The number of fused-ring (bicyclic) bond motifs is 1. The largest absolute Gasteiger partial charge is 0.335 e. The Kier molecular flexibility index (Phi) is 2.93. The molecule has 0 fully saturated rings. The van der Waals surface area contributed by atoms with Gasteiger partial charge in [-0.05, 0) is 6.42 Å². The first-order valence-electron chi connectivity index (χ1n) is 6.23. The summed E-state index contributed by atoms with van der Waals surface area (Å²) in [6.07, 6.45) is 3.74. The van der Waals surface area contributed by atoms with Crippen LogP contribution in [0.4, 0.5) is 0 Å². The molecule has 0 unspecified atom stereocenters. The quantitative estimate of drug-likeness (QED) is 0.664. The maximum atomic E-state index is 11.8. The summed E-state index contributed by atoms with van der Waals surface area (Å²) in [7, 11) is 0. The van der Waals surface area contributed by atoms with Gasteiger partial charge in [0, 0.05) is 6.54 Å². The maximum absolute atomic E-state index is 11.8. The summed E-state index contributed by atoms with van der Waals surface area (Å²) < 4.78 is 3.03. The highest BCUT2D eigenvalue weighted by atomic mass is 16.2. The highest BCUT2D eigenvalue weighted by Crippen LogP contribution is 2.06. The molecule has 0 aliphatic carbocycles. The molecular formula is C11H13N7O2. The molecule has 0 spiro atoms. The fourth-order valence-corrected chi connectivity index (χ4v) is 2.06. The lowest BCUT2D eigenvalue weighted by Crippen LogP contribution is -2.30. The van der Waals surface area contributed by atoms with Crippen LogP contribution in [-0.2, 0) is 13.1 Å². The van der Waals surface area contributed by atoms with Gasteiger partial charge in [-0.25, -0.2) is 19.4 Å². The van der Waals surface area contributed by atoms with Crippen LogP contribution in [-0.4, -0.2) is 34.3 Å². The normalized spacial score (nSPS) is 11.2. The van der Waals surface area contributed by atoms with Gasteiger partial charge in [-0.3, -0.25) is 14.3 Å². The number of nitrogens with zero attached hydrogens (tertiary/aromatic N) is 5. The van der Waals surface area contributed by atoms with E-state index in [2.05, 4.69) is 25.0 Å². The molecule has 0 amide bonds. The zero-order valence-electron chi connectivity index (χ0n) is 10.8. The van der Waals surface area contributed by atoms with Crippen molar-refractivity contribution in [2.45, 2.75) is 26.4 Å². The Morgan fingerprint density at radius 1 is 1.30 bits per heavy atom. The maximum Gasteiger partial charge on any atom is 0.330 e. The Morgan fingerprint density at radius 2 is 2.15 bits per heavy atom. The minimum absolute atomic E-state index is 0.299. The van der Waals surface area contributed by atoms with E-state index >= 15 is 0 Å². The minimum Gasteiger partial charge on any atom is -0.335 e. The van der Waals surface area contributed by atoms with E-state index in [1.165, 1.54) is 10.9 Å². The van der Waals surface area contributed by atoms with Gasteiger partial charge >= 0.3 is 5.69 Å². The predicted octanol–water partition coefficient (Wildman–Crippen LogP) is -0.537. The Bertz CT molecular complexity index is 840. The van der Waals surface area contributed by atoms with Gasteiger partial charge in [0.1, 0.15) is 30.5 Å². The van der Waals surface area contributed by atoms with Gasteiger partial charge in [0.15, 0.2) is 5.65 Å². The molecule has 104 valence electrons. The number of hydrogen-bond acceptors (Lipinski definition) is 5. The molecule has 0 saturated heterocycles. The summed E-state index contributed by atoms with van der Waals surface area (Å²) in [5.74, 6) is 0.548. The fourth-order valence-electron chi connectivity index (χ4n) is 2.06. The summed E-state index contributed by atoms with van der Waals surface area (Å²) in [6.45, 7) is 2.81. The molecule has 2 N–H and O–H groups in total. The van der Waals surface area contributed by atoms with Crippen LogP contribution in [0.15, 0.2) is 22.2 Å². The highest BCUT2D eigenvalue weighted by molar-refractivity contribution is 5.69. The van der Waals surface area contributed by atoms with Gasteiger partial charge in [-0.15, -0.1) is 0 Å². The lowest BCUT2D eigenvalue weighted by Gasteiger charge is -2.02. The summed E-state index contributed by atoms with van der Waals surface area (Å²) in [4.78, 5) is 37.0. The SMILES string of the molecule is CCCn1c(=O)[nH]c(=O)c2[nH]c(Cn3cncn3)nc21.